The van der Waals surface area contributed by atoms with Gasteiger partial charge < -0.3 is 9.16 Å². The van der Waals surface area contributed by atoms with Crippen LogP contribution in [-0.2, 0) is 9.22 Å². The quantitative estimate of drug-likeness (QED) is 0.141. The predicted molar refractivity (Wildman–Crippen MR) is 138 cm³/mol. The third kappa shape index (κ3) is 4.28. The minimum absolute atomic E-state index is 0.00669. The van der Waals surface area contributed by atoms with E-state index in [0.29, 0.717) is 17.9 Å². The van der Waals surface area contributed by atoms with Crippen molar-refractivity contribution >= 4 is 41.8 Å². The first-order valence-corrected chi connectivity index (χ1v) is 15.9. The molecule has 1 unspecified atom stereocenters. The zero-order valence-electron chi connectivity index (χ0n) is 21.0. The highest BCUT2D eigenvalue weighted by atomic mass is 79.9. The third-order valence-electron chi connectivity index (χ3n) is 8.36. The summed E-state index contributed by atoms with van der Waals surface area (Å²) in [4.78, 5) is 39.2. The number of allylic oxidation sites excluding steroid dienone is 2. The number of ether oxygens (including phenoxy) is 1. The number of fused-ring (bicyclic) bond motifs is 4. The van der Waals surface area contributed by atoms with Gasteiger partial charge in [-0.15, -0.1) is 0 Å². The Labute approximate surface area is 211 Å². The number of carbonyl (C=O) groups is 3. The maximum atomic E-state index is 13.9. The van der Waals surface area contributed by atoms with E-state index in [1.54, 1.807) is 18.2 Å². The fourth-order valence-corrected chi connectivity index (χ4v) is 7.42. The van der Waals surface area contributed by atoms with Crippen LogP contribution in [0.15, 0.2) is 29.8 Å². The number of hydrogen-bond donors (Lipinski definition) is 0. The van der Waals surface area contributed by atoms with Gasteiger partial charge in [-0.3, -0.25) is 14.4 Å². The summed E-state index contributed by atoms with van der Waals surface area (Å²) < 4.78 is 10.9. The molecule has 0 spiro atoms. The number of halogens is 1. The van der Waals surface area contributed by atoms with Crippen molar-refractivity contribution in [1.82, 2.24) is 0 Å². The van der Waals surface area contributed by atoms with E-state index in [2.05, 4.69) is 55.9 Å². The van der Waals surface area contributed by atoms with Crippen LogP contribution < -0.4 is 4.74 Å². The topological polar surface area (TPSA) is 69.7 Å². The Kier molecular flexibility index (Phi) is 6.62. The minimum Gasteiger partial charge on any atom is -0.426 e. The maximum absolute atomic E-state index is 13.9. The van der Waals surface area contributed by atoms with Gasteiger partial charge in [0.1, 0.15) is 10.1 Å². The van der Waals surface area contributed by atoms with Gasteiger partial charge >= 0.3 is 5.97 Å². The van der Waals surface area contributed by atoms with Crippen molar-refractivity contribution in [2.45, 2.75) is 75.8 Å². The van der Waals surface area contributed by atoms with Crippen molar-refractivity contribution in [2.24, 2.45) is 17.8 Å². The number of ketones is 2. The van der Waals surface area contributed by atoms with Crippen LogP contribution in [0.5, 0.6) is 5.75 Å². The fourth-order valence-electron chi connectivity index (χ4n) is 5.43. The lowest BCUT2D eigenvalue weighted by Gasteiger charge is -2.48. The normalized spacial score (nSPS) is 29.0. The van der Waals surface area contributed by atoms with E-state index < -0.39 is 24.5 Å². The van der Waals surface area contributed by atoms with Crippen LogP contribution >= 0.6 is 15.9 Å². The van der Waals surface area contributed by atoms with Gasteiger partial charge in [0.15, 0.2) is 19.9 Å². The van der Waals surface area contributed by atoms with Crippen LogP contribution in [0, 0.1) is 17.8 Å². The van der Waals surface area contributed by atoms with Crippen LogP contribution in [0.4, 0.5) is 0 Å². The average molecular weight is 548 g/mol. The van der Waals surface area contributed by atoms with Crippen molar-refractivity contribution in [3.63, 3.8) is 0 Å². The van der Waals surface area contributed by atoms with E-state index in [1.807, 2.05) is 0 Å². The molecule has 0 aromatic heterocycles. The zero-order chi connectivity index (χ0) is 25.1. The maximum Gasteiger partial charge on any atom is 0.308 e. The third-order valence-corrected chi connectivity index (χ3v) is 14.0. The van der Waals surface area contributed by atoms with Gasteiger partial charge in [0.05, 0.1) is 11.5 Å². The molecule has 1 aromatic carbocycles. The molecule has 34 heavy (non-hydrogen) atoms. The van der Waals surface area contributed by atoms with Gasteiger partial charge in [0.2, 0.25) is 0 Å². The van der Waals surface area contributed by atoms with Gasteiger partial charge in [-0.25, -0.2) is 0 Å². The lowest BCUT2D eigenvalue weighted by Crippen LogP contribution is -2.54. The molecule has 4 atom stereocenters. The Hall–Kier alpha value is -1.57. The lowest BCUT2D eigenvalue weighted by atomic mass is 9.58. The first-order chi connectivity index (χ1) is 15.8. The van der Waals surface area contributed by atoms with Gasteiger partial charge in [0.25, 0.3) is 0 Å². The number of Topliss-reactive ketones (excluding diaryl/α,β-unsaturated/α-hetero) is 2. The number of carbonyl (C=O) groups excluding carboxylic acids is 3. The molecule has 4 rings (SSSR count). The molecule has 0 bridgehead atoms. The highest BCUT2D eigenvalue weighted by Gasteiger charge is 2.58. The van der Waals surface area contributed by atoms with Crippen molar-refractivity contribution in [3.05, 3.63) is 41.0 Å². The summed E-state index contributed by atoms with van der Waals surface area (Å²) in [6, 6.07) is 4.92. The number of rotatable bonds is 4. The highest BCUT2D eigenvalue weighted by Crippen LogP contribution is 2.55. The molecule has 1 saturated carbocycles. The van der Waals surface area contributed by atoms with E-state index in [4.69, 9.17) is 9.16 Å². The monoisotopic (exact) mass is 546 g/mol. The molecule has 0 aliphatic heterocycles. The second-order valence-corrected chi connectivity index (χ2v) is 17.8. The van der Waals surface area contributed by atoms with Crippen LogP contribution in [0.25, 0.3) is 0 Å². The van der Waals surface area contributed by atoms with Crippen molar-refractivity contribution < 1.29 is 23.5 Å². The van der Waals surface area contributed by atoms with Crippen LogP contribution in [0.3, 0.4) is 0 Å². The van der Waals surface area contributed by atoms with E-state index in [1.165, 1.54) is 12.5 Å². The van der Waals surface area contributed by atoms with Crippen LogP contribution in [0.2, 0.25) is 18.1 Å². The summed E-state index contributed by atoms with van der Waals surface area (Å²) in [5.41, 5.74) is 1.86. The Morgan fingerprint density at radius 2 is 1.91 bits per heavy atom. The smallest absolute Gasteiger partial charge is 0.308 e. The SMILES string of the molecule is CC(=O)Oc1cccc2c1C(=O)[C@@H]1C3CC[C@@H](CO[Si](C)(C)C(C)(C)C)CC3=CC[C@]1(Br)C2=O. The number of alkyl halides is 1. The molecule has 3 aliphatic rings. The molecule has 0 heterocycles. The molecule has 0 amide bonds. The predicted octanol–water partition coefficient (Wildman–Crippen LogP) is 6.51. The molecule has 7 heteroatoms. The van der Waals surface area contributed by atoms with Crippen LogP contribution in [-0.4, -0.2) is 36.8 Å². The Morgan fingerprint density at radius 1 is 1.21 bits per heavy atom. The molecular formula is C27H35BrO5Si. The summed E-state index contributed by atoms with van der Waals surface area (Å²) >= 11 is 3.74. The number of benzene rings is 1. The Morgan fingerprint density at radius 3 is 2.56 bits per heavy atom. The molecule has 3 aliphatic carbocycles. The van der Waals surface area contributed by atoms with Crippen molar-refractivity contribution in [2.75, 3.05) is 6.61 Å². The molecule has 0 saturated heterocycles. The number of esters is 1. The summed E-state index contributed by atoms with van der Waals surface area (Å²) in [7, 11) is -1.82. The van der Waals surface area contributed by atoms with Crippen LogP contribution in [0.1, 0.15) is 74.1 Å². The van der Waals surface area contributed by atoms with Gasteiger partial charge in [-0.1, -0.05) is 60.5 Å². The first kappa shape index (κ1) is 25.5. The Bertz CT molecular complexity index is 1070. The molecule has 0 N–H and O–H groups in total. The largest absolute Gasteiger partial charge is 0.426 e. The summed E-state index contributed by atoms with van der Waals surface area (Å²) in [6.45, 7) is 13.4. The standard InChI is InChI=1S/C27H35BrO5Si/c1-16(29)33-21-9-7-8-20-22(21)24(30)23-19-11-10-17(15-32-34(5,6)26(2,3)4)14-18(19)12-13-27(23,28)25(20)31/h7-9,12,17,19,23H,10-11,13-15H2,1-6H3/t17-,19?,23+,27-/m1/s1. The first-order valence-electron chi connectivity index (χ1n) is 12.2. The molecular weight excluding hydrogens is 512 g/mol. The molecule has 184 valence electrons. The van der Waals surface area contributed by atoms with Gasteiger partial charge in [0, 0.05) is 19.1 Å². The van der Waals surface area contributed by atoms with E-state index in [-0.39, 0.29) is 33.8 Å². The summed E-state index contributed by atoms with van der Waals surface area (Å²) in [6.07, 6.45) is 5.38. The van der Waals surface area contributed by atoms with Gasteiger partial charge in [-0.2, -0.15) is 0 Å². The Balaban J connectivity index is 1.60. The number of hydrogen-bond acceptors (Lipinski definition) is 5. The average Bonchev–Trinajstić information content (AvgIpc) is 2.74. The van der Waals surface area contributed by atoms with Gasteiger partial charge in [-0.05, 0) is 61.7 Å². The molecule has 0 radical (unpaired) electrons. The second kappa shape index (κ2) is 8.82. The van der Waals surface area contributed by atoms with E-state index in [0.717, 1.165) is 25.9 Å². The van der Waals surface area contributed by atoms with Crippen molar-refractivity contribution in [1.29, 1.82) is 0 Å². The lowest BCUT2D eigenvalue weighted by molar-refractivity contribution is -0.131. The minimum atomic E-state index is -1.82. The summed E-state index contributed by atoms with van der Waals surface area (Å²) in [5, 5.41) is 0.172. The van der Waals surface area contributed by atoms with Crippen molar-refractivity contribution in [3.8, 4) is 5.75 Å². The van der Waals surface area contributed by atoms with E-state index in [9.17, 15) is 14.4 Å². The molecule has 1 aromatic rings. The zero-order valence-corrected chi connectivity index (χ0v) is 23.6. The second-order valence-electron chi connectivity index (χ2n) is 11.6. The molecule has 1 fully saturated rings. The fraction of sp³-hybridized carbons (Fsp3) is 0.593. The highest BCUT2D eigenvalue weighted by molar-refractivity contribution is 9.10. The summed E-state index contributed by atoms with van der Waals surface area (Å²) in [5.74, 6) is -0.577. The molecule has 5 nitrogen and oxygen atoms in total. The van der Waals surface area contributed by atoms with E-state index >= 15 is 0 Å².